The minimum atomic E-state index is -0.979. The molecule has 0 radical (unpaired) electrons. The Labute approximate surface area is 93.1 Å². The van der Waals surface area contributed by atoms with Crippen LogP contribution in [0.15, 0.2) is 18.2 Å². The van der Waals surface area contributed by atoms with Gasteiger partial charge in [0, 0.05) is 5.56 Å². The van der Waals surface area contributed by atoms with Crippen molar-refractivity contribution in [2.45, 2.75) is 19.3 Å². The Balaban J connectivity index is 2.37. The highest BCUT2D eigenvalue weighted by atomic mass is 16.4. The first-order valence-corrected chi connectivity index (χ1v) is 5.24. The van der Waals surface area contributed by atoms with Crippen LogP contribution in [0.3, 0.4) is 0 Å². The molecular weight excluding hydrogens is 206 g/mol. The van der Waals surface area contributed by atoms with Crippen molar-refractivity contribution >= 4 is 11.9 Å². The van der Waals surface area contributed by atoms with Crippen LogP contribution < -0.4 is 5.73 Å². The van der Waals surface area contributed by atoms with Gasteiger partial charge in [0.1, 0.15) is 0 Å². The maximum Gasteiger partial charge on any atom is 0.335 e. The van der Waals surface area contributed by atoms with Gasteiger partial charge in [0.2, 0.25) is 5.91 Å². The molecular formula is C12H13NO3. The molecule has 84 valence electrons. The molecule has 1 aromatic carbocycles. The second kappa shape index (κ2) is 3.96. The number of carboxylic acids is 1. The lowest BCUT2D eigenvalue weighted by Crippen LogP contribution is -2.15. The van der Waals surface area contributed by atoms with Crippen molar-refractivity contribution in [3.63, 3.8) is 0 Å². The smallest absolute Gasteiger partial charge is 0.335 e. The van der Waals surface area contributed by atoms with Crippen LogP contribution in [-0.4, -0.2) is 17.0 Å². The SMILES string of the molecule is NC(=O)c1ccc(C(=O)O)cc1CC1CC1. The molecule has 0 saturated heterocycles. The summed E-state index contributed by atoms with van der Waals surface area (Å²) in [6.45, 7) is 0. The van der Waals surface area contributed by atoms with Crippen LogP contribution in [0, 0.1) is 5.92 Å². The van der Waals surface area contributed by atoms with Gasteiger partial charge in [-0.25, -0.2) is 4.79 Å². The Bertz CT molecular complexity index is 450. The predicted molar refractivity (Wildman–Crippen MR) is 58.3 cm³/mol. The maximum absolute atomic E-state index is 11.2. The van der Waals surface area contributed by atoms with Crippen molar-refractivity contribution in [3.8, 4) is 0 Å². The number of primary amides is 1. The monoisotopic (exact) mass is 219 g/mol. The average molecular weight is 219 g/mol. The van der Waals surface area contributed by atoms with Crippen molar-refractivity contribution in [2.75, 3.05) is 0 Å². The van der Waals surface area contributed by atoms with Crippen molar-refractivity contribution < 1.29 is 14.7 Å². The van der Waals surface area contributed by atoms with Gasteiger partial charge in [-0.1, -0.05) is 0 Å². The Morgan fingerprint density at radius 2 is 2.06 bits per heavy atom. The van der Waals surface area contributed by atoms with E-state index in [4.69, 9.17) is 10.8 Å². The number of carbonyl (C=O) groups is 2. The molecule has 1 aromatic rings. The molecule has 16 heavy (non-hydrogen) atoms. The quantitative estimate of drug-likeness (QED) is 0.803. The highest BCUT2D eigenvalue weighted by Crippen LogP contribution is 2.33. The Morgan fingerprint density at radius 1 is 1.38 bits per heavy atom. The number of carbonyl (C=O) groups excluding carboxylic acids is 1. The Hall–Kier alpha value is -1.84. The van der Waals surface area contributed by atoms with Crippen LogP contribution in [0.5, 0.6) is 0 Å². The second-order valence-electron chi connectivity index (χ2n) is 4.19. The topological polar surface area (TPSA) is 80.4 Å². The Morgan fingerprint density at radius 3 is 2.56 bits per heavy atom. The third kappa shape index (κ3) is 2.21. The van der Waals surface area contributed by atoms with Gasteiger partial charge < -0.3 is 10.8 Å². The van der Waals surface area contributed by atoms with Crippen LogP contribution in [0.2, 0.25) is 0 Å². The first-order valence-electron chi connectivity index (χ1n) is 5.24. The first kappa shape index (κ1) is 10.7. The molecule has 3 N–H and O–H groups in total. The number of nitrogens with two attached hydrogens (primary N) is 1. The van der Waals surface area contributed by atoms with Crippen molar-refractivity contribution in [3.05, 3.63) is 34.9 Å². The third-order valence-electron chi connectivity index (χ3n) is 2.82. The first-order chi connectivity index (χ1) is 7.58. The summed E-state index contributed by atoms with van der Waals surface area (Å²) in [7, 11) is 0. The number of aromatic carboxylic acids is 1. The molecule has 0 spiro atoms. The summed E-state index contributed by atoms with van der Waals surface area (Å²) in [6, 6.07) is 4.48. The summed E-state index contributed by atoms with van der Waals surface area (Å²) in [5.41, 5.74) is 6.66. The van der Waals surface area contributed by atoms with Crippen LogP contribution in [0.25, 0.3) is 0 Å². The third-order valence-corrected chi connectivity index (χ3v) is 2.82. The van der Waals surface area contributed by atoms with Crippen molar-refractivity contribution in [1.29, 1.82) is 0 Å². The van der Waals surface area contributed by atoms with E-state index in [1.807, 2.05) is 0 Å². The summed E-state index contributed by atoms with van der Waals surface area (Å²) >= 11 is 0. The molecule has 1 aliphatic rings. The van der Waals surface area contributed by atoms with Gasteiger partial charge in [0.15, 0.2) is 0 Å². The fourth-order valence-corrected chi connectivity index (χ4v) is 1.77. The van der Waals surface area contributed by atoms with E-state index in [2.05, 4.69) is 0 Å². The molecule has 2 rings (SSSR count). The molecule has 0 heterocycles. The van der Waals surface area contributed by atoms with Crippen molar-refractivity contribution in [2.24, 2.45) is 11.7 Å². The van der Waals surface area contributed by atoms with Gasteiger partial charge in [-0.15, -0.1) is 0 Å². The number of carboxylic acid groups (broad SMARTS) is 1. The molecule has 0 bridgehead atoms. The number of hydrogen-bond acceptors (Lipinski definition) is 2. The molecule has 0 unspecified atom stereocenters. The van der Waals surface area contributed by atoms with E-state index in [1.165, 1.54) is 12.1 Å². The lowest BCUT2D eigenvalue weighted by Gasteiger charge is -2.07. The fraction of sp³-hybridized carbons (Fsp3) is 0.333. The highest BCUT2D eigenvalue weighted by molar-refractivity contribution is 5.96. The van der Waals surface area contributed by atoms with Crippen molar-refractivity contribution in [1.82, 2.24) is 0 Å². The normalized spacial score (nSPS) is 14.8. The van der Waals surface area contributed by atoms with Crippen LogP contribution in [0.1, 0.15) is 39.1 Å². The zero-order valence-corrected chi connectivity index (χ0v) is 8.77. The minimum absolute atomic E-state index is 0.209. The summed E-state index contributed by atoms with van der Waals surface area (Å²) in [4.78, 5) is 22.0. The van der Waals surface area contributed by atoms with E-state index in [1.54, 1.807) is 6.07 Å². The second-order valence-corrected chi connectivity index (χ2v) is 4.19. The summed E-state index contributed by atoms with van der Waals surface area (Å²) in [5, 5.41) is 8.87. The predicted octanol–water partition coefficient (Wildman–Crippen LogP) is 1.44. The zero-order valence-electron chi connectivity index (χ0n) is 8.77. The molecule has 4 heteroatoms. The minimum Gasteiger partial charge on any atom is -0.478 e. The molecule has 1 fully saturated rings. The lowest BCUT2D eigenvalue weighted by atomic mass is 9.99. The Kier molecular flexibility index (Phi) is 2.64. The molecule has 0 aliphatic heterocycles. The largest absolute Gasteiger partial charge is 0.478 e. The summed E-state index contributed by atoms with van der Waals surface area (Å²) in [6.07, 6.45) is 3.05. The van der Waals surface area contributed by atoms with Crippen LogP contribution in [-0.2, 0) is 6.42 Å². The molecule has 4 nitrogen and oxygen atoms in total. The fourth-order valence-electron chi connectivity index (χ4n) is 1.77. The molecule has 0 atom stereocenters. The zero-order chi connectivity index (χ0) is 11.7. The van der Waals surface area contributed by atoms with Gasteiger partial charge in [-0.05, 0) is 48.9 Å². The highest BCUT2D eigenvalue weighted by Gasteiger charge is 2.24. The molecule has 1 saturated carbocycles. The number of amides is 1. The van der Waals surface area contributed by atoms with E-state index >= 15 is 0 Å². The number of benzene rings is 1. The summed E-state index contributed by atoms with van der Waals surface area (Å²) < 4.78 is 0. The lowest BCUT2D eigenvalue weighted by molar-refractivity contribution is 0.0696. The van der Waals surface area contributed by atoms with E-state index in [0.717, 1.165) is 24.8 Å². The van der Waals surface area contributed by atoms with Gasteiger partial charge in [0.25, 0.3) is 0 Å². The van der Waals surface area contributed by atoms with Crippen LogP contribution >= 0.6 is 0 Å². The average Bonchev–Trinajstić information content (AvgIpc) is 3.01. The molecule has 0 aromatic heterocycles. The van der Waals surface area contributed by atoms with E-state index < -0.39 is 11.9 Å². The maximum atomic E-state index is 11.2. The number of rotatable bonds is 4. The summed E-state index contributed by atoms with van der Waals surface area (Å²) in [5.74, 6) is -0.886. The standard InChI is InChI=1S/C12H13NO3/c13-11(14)10-4-3-8(12(15)16)6-9(10)5-7-1-2-7/h3-4,6-7H,1-2,5H2,(H2,13,14)(H,15,16). The number of hydrogen-bond donors (Lipinski definition) is 2. The molecule has 1 aliphatic carbocycles. The molecule has 1 amide bonds. The van der Waals surface area contributed by atoms with E-state index in [0.29, 0.717) is 11.5 Å². The van der Waals surface area contributed by atoms with Gasteiger partial charge in [-0.3, -0.25) is 4.79 Å². The van der Waals surface area contributed by atoms with Gasteiger partial charge in [0.05, 0.1) is 5.56 Å². The van der Waals surface area contributed by atoms with Crippen LogP contribution in [0.4, 0.5) is 0 Å². The van der Waals surface area contributed by atoms with E-state index in [9.17, 15) is 9.59 Å². The van der Waals surface area contributed by atoms with Gasteiger partial charge in [-0.2, -0.15) is 0 Å². The van der Waals surface area contributed by atoms with Gasteiger partial charge >= 0.3 is 5.97 Å². The van der Waals surface area contributed by atoms with E-state index in [-0.39, 0.29) is 5.56 Å².